The summed E-state index contributed by atoms with van der Waals surface area (Å²) in [5.41, 5.74) is 2.74. The Morgan fingerprint density at radius 1 is 1.00 bits per heavy atom. The summed E-state index contributed by atoms with van der Waals surface area (Å²) in [5, 5.41) is 6.11. The number of morpholine rings is 1. The first-order valence-corrected chi connectivity index (χ1v) is 11.3. The van der Waals surface area contributed by atoms with E-state index in [0.29, 0.717) is 37.5 Å². The number of nitrogens with zero attached hydrogens (tertiary/aromatic N) is 3. The normalized spacial score (nSPS) is 16.4. The van der Waals surface area contributed by atoms with E-state index >= 15 is 0 Å². The summed E-state index contributed by atoms with van der Waals surface area (Å²) in [6.45, 7) is 5.59. The van der Waals surface area contributed by atoms with Gasteiger partial charge in [-0.15, -0.1) is 0 Å². The Morgan fingerprint density at radius 3 is 2.48 bits per heavy atom. The minimum Gasteiger partial charge on any atom is -0.493 e. The first-order valence-electron chi connectivity index (χ1n) is 11.3. The van der Waals surface area contributed by atoms with Crippen molar-refractivity contribution in [2.24, 2.45) is 5.10 Å². The summed E-state index contributed by atoms with van der Waals surface area (Å²) in [4.78, 5) is 15.1. The molecule has 2 aromatic rings. The van der Waals surface area contributed by atoms with Crippen LogP contribution >= 0.6 is 0 Å². The third-order valence-corrected chi connectivity index (χ3v) is 5.87. The molecule has 8 heteroatoms. The SMILES string of the molecule is COc1ccc(C2=NN(C(=O)Cc3ccc(OCCN4CCOCC4)cc3)CC2)cc1OC. The molecule has 0 unspecified atom stereocenters. The molecule has 33 heavy (non-hydrogen) atoms. The molecule has 2 aromatic carbocycles. The summed E-state index contributed by atoms with van der Waals surface area (Å²) >= 11 is 0. The van der Waals surface area contributed by atoms with Crippen LogP contribution in [0.4, 0.5) is 0 Å². The highest BCUT2D eigenvalue weighted by molar-refractivity contribution is 6.03. The lowest BCUT2D eigenvalue weighted by molar-refractivity contribution is -0.130. The number of benzene rings is 2. The topological polar surface area (TPSA) is 72.8 Å². The number of carbonyl (C=O) groups is 1. The van der Waals surface area contributed by atoms with Gasteiger partial charge in [-0.05, 0) is 35.9 Å². The maximum absolute atomic E-state index is 12.8. The van der Waals surface area contributed by atoms with Gasteiger partial charge in [-0.3, -0.25) is 9.69 Å². The van der Waals surface area contributed by atoms with Crippen molar-refractivity contribution in [1.29, 1.82) is 0 Å². The Balaban J connectivity index is 1.29. The number of hydrogen-bond acceptors (Lipinski definition) is 7. The van der Waals surface area contributed by atoms with Crippen LogP contribution in [0.5, 0.6) is 17.2 Å². The molecule has 8 nitrogen and oxygen atoms in total. The van der Waals surface area contributed by atoms with Gasteiger partial charge in [0.2, 0.25) is 5.91 Å². The fourth-order valence-corrected chi connectivity index (χ4v) is 3.94. The Hall–Kier alpha value is -3.10. The lowest BCUT2D eigenvalue weighted by Crippen LogP contribution is -2.38. The van der Waals surface area contributed by atoms with Crippen molar-refractivity contribution in [3.05, 3.63) is 53.6 Å². The molecular weight excluding hydrogens is 422 g/mol. The van der Waals surface area contributed by atoms with Crippen molar-refractivity contribution < 1.29 is 23.7 Å². The van der Waals surface area contributed by atoms with Crippen molar-refractivity contribution >= 4 is 11.6 Å². The number of carbonyl (C=O) groups excluding carboxylic acids is 1. The van der Waals surface area contributed by atoms with E-state index in [2.05, 4.69) is 10.0 Å². The highest BCUT2D eigenvalue weighted by atomic mass is 16.5. The predicted molar refractivity (Wildman–Crippen MR) is 125 cm³/mol. The van der Waals surface area contributed by atoms with Gasteiger partial charge in [0.05, 0.1) is 46.1 Å². The average Bonchev–Trinajstić information content (AvgIpc) is 3.36. The van der Waals surface area contributed by atoms with Crippen molar-refractivity contribution in [1.82, 2.24) is 9.91 Å². The first-order chi connectivity index (χ1) is 16.2. The average molecular weight is 454 g/mol. The molecule has 1 fully saturated rings. The predicted octanol–water partition coefficient (Wildman–Crippen LogP) is 2.59. The van der Waals surface area contributed by atoms with Gasteiger partial charge in [0.1, 0.15) is 12.4 Å². The largest absolute Gasteiger partial charge is 0.493 e. The summed E-state index contributed by atoms with van der Waals surface area (Å²) in [6, 6.07) is 13.4. The molecule has 0 aliphatic carbocycles. The molecule has 0 N–H and O–H groups in total. The molecular formula is C25H31N3O5. The molecule has 0 radical (unpaired) electrons. The van der Waals surface area contributed by atoms with Gasteiger partial charge in [0.15, 0.2) is 11.5 Å². The summed E-state index contributed by atoms with van der Waals surface area (Å²) in [7, 11) is 3.21. The molecule has 1 amide bonds. The second kappa shape index (κ2) is 11.2. The maximum atomic E-state index is 12.8. The number of rotatable bonds is 9. The fraction of sp³-hybridized carbons (Fsp3) is 0.440. The van der Waals surface area contributed by atoms with E-state index in [0.717, 1.165) is 55.4 Å². The van der Waals surface area contributed by atoms with Gasteiger partial charge >= 0.3 is 0 Å². The zero-order valence-corrected chi connectivity index (χ0v) is 19.3. The van der Waals surface area contributed by atoms with Crippen molar-refractivity contribution in [3.8, 4) is 17.2 Å². The zero-order valence-electron chi connectivity index (χ0n) is 19.3. The Morgan fingerprint density at radius 2 is 1.76 bits per heavy atom. The zero-order chi connectivity index (χ0) is 23.0. The smallest absolute Gasteiger partial charge is 0.247 e. The van der Waals surface area contributed by atoms with Crippen LogP contribution in [0.2, 0.25) is 0 Å². The summed E-state index contributed by atoms with van der Waals surface area (Å²) in [6.07, 6.45) is 1.01. The molecule has 176 valence electrons. The van der Waals surface area contributed by atoms with Gasteiger partial charge < -0.3 is 18.9 Å². The summed E-state index contributed by atoms with van der Waals surface area (Å²) < 4.78 is 21.9. The third-order valence-electron chi connectivity index (χ3n) is 5.87. The van der Waals surface area contributed by atoms with E-state index in [4.69, 9.17) is 18.9 Å². The number of methoxy groups -OCH3 is 2. The molecule has 2 aliphatic heterocycles. The van der Waals surface area contributed by atoms with Crippen LogP contribution in [0.3, 0.4) is 0 Å². The van der Waals surface area contributed by atoms with Gasteiger partial charge in [-0.25, -0.2) is 5.01 Å². The van der Waals surface area contributed by atoms with Crippen LogP contribution in [-0.2, 0) is 16.0 Å². The Labute approximate surface area is 194 Å². The lowest BCUT2D eigenvalue weighted by atomic mass is 10.1. The number of amides is 1. The highest BCUT2D eigenvalue weighted by Gasteiger charge is 2.22. The lowest BCUT2D eigenvalue weighted by Gasteiger charge is -2.26. The highest BCUT2D eigenvalue weighted by Crippen LogP contribution is 2.29. The first kappa shape index (κ1) is 23.1. The van der Waals surface area contributed by atoms with Crippen LogP contribution in [0.1, 0.15) is 17.5 Å². The van der Waals surface area contributed by atoms with Gasteiger partial charge in [0.25, 0.3) is 0 Å². The molecule has 0 aromatic heterocycles. The second-order valence-corrected chi connectivity index (χ2v) is 8.01. The van der Waals surface area contributed by atoms with Gasteiger partial charge in [0, 0.05) is 31.6 Å². The van der Waals surface area contributed by atoms with Crippen molar-refractivity contribution in [2.75, 3.05) is 60.2 Å². The van der Waals surface area contributed by atoms with E-state index in [1.54, 1.807) is 19.2 Å². The molecule has 2 heterocycles. The second-order valence-electron chi connectivity index (χ2n) is 8.01. The molecule has 2 aliphatic rings. The van der Waals surface area contributed by atoms with E-state index in [-0.39, 0.29) is 5.91 Å². The van der Waals surface area contributed by atoms with E-state index < -0.39 is 0 Å². The van der Waals surface area contributed by atoms with Gasteiger partial charge in [-0.2, -0.15) is 5.10 Å². The molecule has 1 saturated heterocycles. The molecule has 0 spiro atoms. The van der Waals surface area contributed by atoms with Gasteiger partial charge in [-0.1, -0.05) is 12.1 Å². The maximum Gasteiger partial charge on any atom is 0.247 e. The molecule has 0 bridgehead atoms. The fourth-order valence-electron chi connectivity index (χ4n) is 3.94. The summed E-state index contributed by atoms with van der Waals surface area (Å²) in [5.74, 6) is 2.11. The van der Waals surface area contributed by atoms with Crippen LogP contribution in [0.15, 0.2) is 47.6 Å². The van der Waals surface area contributed by atoms with Crippen LogP contribution in [-0.4, -0.2) is 81.7 Å². The molecule has 0 atom stereocenters. The number of hydrogen-bond donors (Lipinski definition) is 0. The number of ether oxygens (including phenoxy) is 4. The van der Waals surface area contributed by atoms with Crippen LogP contribution in [0.25, 0.3) is 0 Å². The monoisotopic (exact) mass is 453 g/mol. The van der Waals surface area contributed by atoms with Crippen LogP contribution in [0, 0.1) is 0 Å². The number of hydrazone groups is 1. The molecule has 4 rings (SSSR count). The standard InChI is InChI=1S/C25H31N3O5/c1-30-23-8-5-20(18-24(23)31-2)22-9-10-28(26-22)25(29)17-19-3-6-21(7-4-19)33-16-13-27-11-14-32-15-12-27/h3-8,18H,9-17H2,1-2H3. The third kappa shape index (κ3) is 6.03. The minimum atomic E-state index is -0.0218. The van der Waals surface area contributed by atoms with Crippen LogP contribution < -0.4 is 14.2 Å². The Bertz CT molecular complexity index is 971. The molecule has 0 saturated carbocycles. The van der Waals surface area contributed by atoms with Crippen molar-refractivity contribution in [2.45, 2.75) is 12.8 Å². The van der Waals surface area contributed by atoms with E-state index in [1.807, 2.05) is 42.5 Å². The van der Waals surface area contributed by atoms with E-state index in [9.17, 15) is 4.79 Å². The van der Waals surface area contributed by atoms with Crippen molar-refractivity contribution in [3.63, 3.8) is 0 Å². The quantitative estimate of drug-likeness (QED) is 0.581. The Kier molecular flexibility index (Phi) is 7.80. The van der Waals surface area contributed by atoms with E-state index in [1.165, 1.54) is 0 Å². The minimum absolute atomic E-state index is 0.0218.